The van der Waals surface area contributed by atoms with Crippen LogP contribution in [-0.4, -0.2) is 16.6 Å². The van der Waals surface area contributed by atoms with E-state index < -0.39 is 5.60 Å². The van der Waals surface area contributed by atoms with E-state index in [1.165, 1.54) is 0 Å². The van der Waals surface area contributed by atoms with Crippen molar-refractivity contribution >= 4 is 11.6 Å². The predicted molar refractivity (Wildman–Crippen MR) is 45.5 cm³/mol. The van der Waals surface area contributed by atoms with Crippen molar-refractivity contribution in [1.29, 1.82) is 0 Å². The average Bonchev–Trinajstić information content (AvgIpc) is 2.00. The molecule has 0 spiro atoms. The normalized spacial score (nSPS) is 12.0. The minimum Gasteiger partial charge on any atom is -0.390 e. The summed E-state index contributed by atoms with van der Waals surface area (Å²) in [5, 5.41) is 9.70. The summed E-state index contributed by atoms with van der Waals surface area (Å²) in [7, 11) is 0. The van der Waals surface area contributed by atoms with E-state index in [2.05, 4.69) is 0 Å². The summed E-state index contributed by atoms with van der Waals surface area (Å²) in [6.07, 6.45) is 3.42. The second kappa shape index (κ2) is 4.97. The van der Waals surface area contributed by atoms with Gasteiger partial charge < -0.3 is 5.11 Å². The van der Waals surface area contributed by atoms with Gasteiger partial charge in [0.2, 0.25) is 0 Å². The summed E-state index contributed by atoms with van der Waals surface area (Å²) >= 11 is 5.51. The Balaban J connectivity index is 3.58. The first kappa shape index (κ1) is 10.2. The van der Waals surface area contributed by atoms with E-state index in [4.69, 9.17) is 11.6 Å². The van der Waals surface area contributed by atoms with Gasteiger partial charge in [0.1, 0.15) is 0 Å². The van der Waals surface area contributed by atoms with Crippen LogP contribution in [0, 0.1) is 0 Å². The van der Waals surface area contributed by atoms with Crippen molar-refractivity contribution in [2.45, 2.75) is 45.1 Å². The maximum Gasteiger partial charge on any atom is 0.0643 e. The second-order valence-corrected chi connectivity index (χ2v) is 3.10. The first-order valence-corrected chi connectivity index (χ1v) is 4.50. The van der Waals surface area contributed by atoms with Crippen LogP contribution < -0.4 is 0 Å². The molecule has 62 valence electrons. The lowest BCUT2D eigenvalue weighted by Gasteiger charge is -2.24. The van der Waals surface area contributed by atoms with E-state index in [1.54, 1.807) is 0 Å². The topological polar surface area (TPSA) is 20.2 Å². The smallest absolute Gasteiger partial charge is 0.0643 e. The van der Waals surface area contributed by atoms with Gasteiger partial charge >= 0.3 is 0 Å². The van der Waals surface area contributed by atoms with Crippen LogP contribution in [0.2, 0.25) is 0 Å². The summed E-state index contributed by atoms with van der Waals surface area (Å²) in [6.45, 7) is 4.02. The molecule has 0 bridgehead atoms. The first-order chi connectivity index (χ1) is 4.68. The second-order valence-electron chi connectivity index (χ2n) is 2.72. The molecule has 1 N–H and O–H groups in total. The van der Waals surface area contributed by atoms with Gasteiger partial charge in [0, 0.05) is 5.88 Å². The van der Waals surface area contributed by atoms with Crippen molar-refractivity contribution in [1.82, 2.24) is 0 Å². The van der Waals surface area contributed by atoms with Gasteiger partial charge in [-0.3, -0.25) is 0 Å². The van der Waals surface area contributed by atoms with E-state index in [0.717, 1.165) is 25.7 Å². The zero-order valence-electron chi connectivity index (χ0n) is 6.86. The molecule has 0 saturated carbocycles. The van der Waals surface area contributed by atoms with Crippen LogP contribution in [0.15, 0.2) is 0 Å². The van der Waals surface area contributed by atoms with Crippen LogP contribution in [0.1, 0.15) is 39.5 Å². The summed E-state index contributed by atoms with van der Waals surface area (Å²) in [4.78, 5) is 0. The first-order valence-electron chi connectivity index (χ1n) is 3.97. The van der Waals surface area contributed by atoms with E-state index in [0.29, 0.717) is 5.88 Å². The van der Waals surface area contributed by atoms with Crippen molar-refractivity contribution < 1.29 is 5.11 Å². The van der Waals surface area contributed by atoms with E-state index in [-0.39, 0.29) is 0 Å². The highest BCUT2D eigenvalue weighted by atomic mass is 35.5. The van der Waals surface area contributed by atoms with Crippen LogP contribution >= 0.6 is 11.6 Å². The molecule has 1 nitrogen and oxygen atoms in total. The van der Waals surface area contributed by atoms with Crippen LogP contribution in [0.3, 0.4) is 0 Å². The quantitative estimate of drug-likeness (QED) is 0.620. The lowest BCUT2D eigenvalue weighted by Crippen LogP contribution is -2.26. The molecule has 0 aliphatic carbocycles. The Labute approximate surface area is 68.4 Å². The van der Waals surface area contributed by atoms with Gasteiger partial charge in [-0.1, -0.05) is 13.8 Å². The highest BCUT2D eigenvalue weighted by molar-refractivity contribution is 6.17. The lowest BCUT2D eigenvalue weighted by molar-refractivity contribution is 0.0232. The molecule has 0 unspecified atom stereocenters. The molecule has 0 aliphatic heterocycles. The van der Waals surface area contributed by atoms with Crippen LogP contribution in [-0.2, 0) is 0 Å². The van der Waals surface area contributed by atoms with Crippen LogP contribution in [0.4, 0.5) is 0 Å². The molecule has 10 heavy (non-hydrogen) atoms. The number of hydrogen-bond donors (Lipinski definition) is 1. The fraction of sp³-hybridized carbons (Fsp3) is 1.00. The van der Waals surface area contributed by atoms with Crippen molar-refractivity contribution in [3.8, 4) is 0 Å². The summed E-state index contributed by atoms with van der Waals surface area (Å²) in [5.41, 5.74) is -0.450. The molecule has 0 rings (SSSR count). The standard InChI is InChI=1S/C8H17ClO/c1-3-8(10,4-2)6-5-7-9/h10H,3-7H2,1-2H3. The Morgan fingerprint density at radius 2 is 1.80 bits per heavy atom. The molecule has 0 aromatic carbocycles. The molecule has 2 heteroatoms. The third-order valence-corrected chi connectivity index (χ3v) is 2.36. The van der Waals surface area contributed by atoms with Crippen LogP contribution in [0.25, 0.3) is 0 Å². The van der Waals surface area contributed by atoms with Gasteiger partial charge in [-0.05, 0) is 25.7 Å². The Bertz CT molecular complexity index is 79.3. The van der Waals surface area contributed by atoms with Gasteiger partial charge in [0.25, 0.3) is 0 Å². The van der Waals surface area contributed by atoms with Crippen molar-refractivity contribution in [2.75, 3.05) is 5.88 Å². The maximum atomic E-state index is 9.70. The number of hydrogen-bond acceptors (Lipinski definition) is 1. The van der Waals surface area contributed by atoms with Gasteiger partial charge in [-0.25, -0.2) is 0 Å². The van der Waals surface area contributed by atoms with E-state index in [1.807, 2.05) is 13.8 Å². The summed E-state index contributed by atoms with van der Waals surface area (Å²) in [5.74, 6) is 0.655. The van der Waals surface area contributed by atoms with E-state index >= 15 is 0 Å². The van der Waals surface area contributed by atoms with E-state index in [9.17, 15) is 5.11 Å². The minimum atomic E-state index is -0.450. The van der Waals surface area contributed by atoms with Crippen LogP contribution in [0.5, 0.6) is 0 Å². The Morgan fingerprint density at radius 3 is 2.10 bits per heavy atom. The Hall–Kier alpha value is 0.250. The maximum absolute atomic E-state index is 9.70. The summed E-state index contributed by atoms with van der Waals surface area (Å²) < 4.78 is 0. The molecular weight excluding hydrogens is 148 g/mol. The number of aliphatic hydroxyl groups is 1. The third kappa shape index (κ3) is 3.43. The lowest BCUT2D eigenvalue weighted by atomic mass is 9.92. The fourth-order valence-electron chi connectivity index (χ4n) is 0.999. The largest absolute Gasteiger partial charge is 0.390 e. The highest BCUT2D eigenvalue weighted by Crippen LogP contribution is 2.20. The molecule has 0 aromatic heterocycles. The summed E-state index contributed by atoms with van der Waals surface area (Å²) in [6, 6.07) is 0. The average molecular weight is 165 g/mol. The fourth-order valence-corrected chi connectivity index (χ4v) is 1.13. The SMILES string of the molecule is CCC(O)(CC)CCCCl. The van der Waals surface area contributed by atoms with Crippen molar-refractivity contribution in [3.63, 3.8) is 0 Å². The van der Waals surface area contributed by atoms with Crippen molar-refractivity contribution in [3.05, 3.63) is 0 Å². The molecule has 0 saturated heterocycles. The molecule has 0 aliphatic rings. The number of halogens is 1. The number of alkyl halides is 1. The van der Waals surface area contributed by atoms with Gasteiger partial charge in [0.15, 0.2) is 0 Å². The van der Waals surface area contributed by atoms with Gasteiger partial charge in [0.05, 0.1) is 5.60 Å². The molecule has 0 heterocycles. The molecule has 0 radical (unpaired) electrons. The molecule has 0 amide bonds. The minimum absolute atomic E-state index is 0.450. The Morgan fingerprint density at radius 1 is 1.30 bits per heavy atom. The molecular formula is C8H17ClO. The zero-order chi connectivity index (χ0) is 8.04. The van der Waals surface area contributed by atoms with Gasteiger partial charge in [-0.15, -0.1) is 11.6 Å². The molecule has 0 fully saturated rings. The van der Waals surface area contributed by atoms with Crippen molar-refractivity contribution in [2.24, 2.45) is 0 Å². The van der Waals surface area contributed by atoms with Gasteiger partial charge in [-0.2, -0.15) is 0 Å². The third-order valence-electron chi connectivity index (χ3n) is 2.09. The highest BCUT2D eigenvalue weighted by Gasteiger charge is 2.20. The number of rotatable bonds is 5. The molecule has 0 aromatic rings. The zero-order valence-corrected chi connectivity index (χ0v) is 7.62. The Kier molecular flexibility index (Phi) is 5.10. The molecule has 0 atom stereocenters. The monoisotopic (exact) mass is 164 g/mol. The predicted octanol–water partition coefficient (Wildman–Crippen LogP) is 2.56.